The van der Waals surface area contributed by atoms with E-state index in [1.54, 1.807) is 0 Å². The summed E-state index contributed by atoms with van der Waals surface area (Å²) >= 11 is 0. The van der Waals surface area contributed by atoms with Gasteiger partial charge < -0.3 is 10.4 Å². The van der Waals surface area contributed by atoms with Gasteiger partial charge >= 0.3 is 5.97 Å². The van der Waals surface area contributed by atoms with Crippen LogP contribution in [0.25, 0.3) is 0 Å². The van der Waals surface area contributed by atoms with E-state index in [1.165, 1.54) is 19.8 Å². The highest BCUT2D eigenvalue weighted by molar-refractivity contribution is 5.97. The topological polar surface area (TPSA) is 66.4 Å². The molecule has 1 aliphatic rings. The highest BCUT2D eigenvalue weighted by atomic mass is 16.4. The molecule has 1 aliphatic carbocycles. The predicted molar refractivity (Wildman–Crippen MR) is 61.0 cm³/mol. The van der Waals surface area contributed by atoms with Crippen LogP contribution in [-0.4, -0.2) is 23.0 Å². The molecular formula is C12H19NO3. The number of carbonyl (C=O) groups excluding carboxylic acids is 1. The van der Waals surface area contributed by atoms with E-state index in [2.05, 4.69) is 5.32 Å². The molecular weight excluding hydrogens is 206 g/mol. The van der Waals surface area contributed by atoms with E-state index in [-0.39, 0.29) is 17.5 Å². The van der Waals surface area contributed by atoms with Crippen LogP contribution in [0.2, 0.25) is 0 Å². The molecule has 0 unspecified atom stereocenters. The Morgan fingerprint density at radius 1 is 1.19 bits per heavy atom. The van der Waals surface area contributed by atoms with Crippen molar-refractivity contribution >= 4 is 11.9 Å². The van der Waals surface area contributed by atoms with Crippen LogP contribution in [0.3, 0.4) is 0 Å². The SMILES string of the molecule is CC(=CC(=O)NC1CCCCCC1)C(=O)O. The number of amides is 1. The van der Waals surface area contributed by atoms with Gasteiger partial charge in [0.1, 0.15) is 0 Å². The van der Waals surface area contributed by atoms with E-state index in [0.717, 1.165) is 31.8 Å². The Kier molecular flexibility index (Phi) is 5.02. The Morgan fingerprint density at radius 2 is 1.75 bits per heavy atom. The first-order valence-electron chi connectivity index (χ1n) is 5.81. The number of carbonyl (C=O) groups is 2. The summed E-state index contributed by atoms with van der Waals surface area (Å²) in [4.78, 5) is 22.0. The van der Waals surface area contributed by atoms with Crippen molar-refractivity contribution in [2.45, 2.75) is 51.5 Å². The van der Waals surface area contributed by atoms with Gasteiger partial charge in [-0.2, -0.15) is 0 Å². The minimum Gasteiger partial charge on any atom is -0.478 e. The van der Waals surface area contributed by atoms with E-state index in [4.69, 9.17) is 5.11 Å². The maximum Gasteiger partial charge on any atom is 0.331 e. The second kappa shape index (κ2) is 6.30. The van der Waals surface area contributed by atoms with E-state index < -0.39 is 5.97 Å². The second-order valence-electron chi connectivity index (χ2n) is 4.33. The Bertz CT molecular complexity index is 289. The first kappa shape index (κ1) is 12.7. The zero-order valence-electron chi connectivity index (χ0n) is 9.66. The third kappa shape index (κ3) is 4.47. The fraction of sp³-hybridized carbons (Fsp3) is 0.667. The lowest BCUT2D eigenvalue weighted by molar-refractivity contribution is -0.133. The summed E-state index contributed by atoms with van der Waals surface area (Å²) in [5.41, 5.74) is 0.0751. The highest BCUT2D eigenvalue weighted by Gasteiger charge is 2.14. The number of carboxylic acids is 1. The lowest BCUT2D eigenvalue weighted by atomic mass is 10.1. The molecule has 0 aromatic heterocycles. The second-order valence-corrected chi connectivity index (χ2v) is 4.33. The lowest BCUT2D eigenvalue weighted by Crippen LogP contribution is -2.33. The van der Waals surface area contributed by atoms with Crippen molar-refractivity contribution in [1.29, 1.82) is 0 Å². The molecule has 90 valence electrons. The quantitative estimate of drug-likeness (QED) is 0.569. The molecule has 0 bridgehead atoms. The summed E-state index contributed by atoms with van der Waals surface area (Å²) in [5.74, 6) is -1.33. The summed E-state index contributed by atoms with van der Waals surface area (Å²) in [6, 6.07) is 0.216. The minimum absolute atomic E-state index is 0.0751. The van der Waals surface area contributed by atoms with Crippen LogP contribution in [-0.2, 0) is 9.59 Å². The molecule has 0 aliphatic heterocycles. The van der Waals surface area contributed by atoms with Crippen molar-refractivity contribution in [3.05, 3.63) is 11.6 Å². The van der Waals surface area contributed by atoms with Crippen LogP contribution in [0.1, 0.15) is 45.4 Å². The van der Waals surface area contributed by atoms with Gasteiger partial charge in [-0.15, -0.1) is 0 Å². The monoisotopic (exact) mass is 225 g/mol. The molecule has 0 radical (unpaired) electrons. The molecule has 0 aromatic carbocycles. The smallest absolute Gasteiger partial charge is 0.331 e. The predicted octanol–water partition coefficient (Wildman–Crippen LogP) is 1.86. The van der Waals surface area contributed by atoms with Gasteiger partial charge in [-0.1, -0.05) is 25.7 Å². The molecule has 4 nitrogen and oxygen atoms in total. The Morgan fingerprint density at radius 3 is 2.25 bits per heavy atom. The number of carboxylic acid groups (broad SMARTS) is 1. The fourth-order valence-electron chi connectivity index (χ4n) is 1.92. The molecule has 0 spiro atoms. The van der Waals surface area contributed by atoms with Gasteiger partial charge in [0.15, 0.2) is 0 Å². The van der Waals surface area contributed by atoms with Crippen LogP contribution in [0, 0.1) is 0 Å². The Labute approximate surface area is 95.7 Å². The molecule has 0 aromatic rings. The van der Waals surface area contributed by atoms with Crippen LogP contribution in [0.15, 0.2) is 11.6 Å². The summed E-state index contributed by atoms with van der Waals surface area (Å²) < 4.78 is 0. The lowest BCUT2D eigenvalue weighted by Gasteiger charge is -2.14. The average molecular weight is 225 g/mol. The molecule has 4 heteroatoms. The summed E-state index contributed by atoms with van der Waals surface area (Å²) in [7, 11) is 0. The van der Waals surface area contributed by atoms with Gasteiger partial charge in [0, 0.05) is 17.7 Å². The van der Waals surface area contributed by atoms with E-state index in [9.17, 15) is 9.59 Å². The average Bonchev–Trinajstić information content (AvgIpc) is 2.45. The highest BCUT2D eigenvalue weighted by Crippen LogP contribution is 2.17. The summed E-state index contributed by atoms with van der Waals surface area (Å²) in [5, 5.41) is 11.5. The largest absolute Gasteiger partial charge is 0.478 e. The molecule has 0 atom stereocenters. The first-order chi connectivity index (χ1) is 7.59. The molecule has 0 heterocycles. The van der Waals surface area contributed by atoms with Crippen LogP contribution in [0.4, 0.5) is 0 Å². The summed E-state index contributed by atoms with van der Waals surface area (Å²) in [6.45, 7) is 1.43. The van der Waals surface area contributed by atoms with E-state index in [0.29, 0.717) is 0 Å². The van der Waals surface area contributed by atoms with Gasteiger partial charge in [0.25, 0.3) is 0 Å². The Balaban J connectivity index is 2.43. The Hall–Kier alpha value is -1.32. The van der Waals surface area contributed by atoms with Gasteiger partial charge in [-0.05, 0) is 19.8 Å². The van der Waals surface area contributed by atoms with Crippen molar-refractivity contribution in [3.8, 4) is 0 Å². The molecule has 2 N–H and O–H groups in total. The van der Waals surface area contributed by atoms with E-state index in [1.807, 2.05) is 0 Å². The van der Waals surface area contributed by atoms with Crippen LogP contribution >= 0.6 is 0 Å². The zero-order chi connectivity index (χ0) is 12.0. The number of nitrogens with one attached hydrogen (secondary N) is 1. The third-order valence-electron chi connectivity index (χ3n) is 2.89. The maximum atomic E-state index is 11.5. The maximum absolute atomic E-state index is 11.5. The molecule has 1 amide bonds. The van der Waals surface area contributed by atoms with Gasteiger partial charge in [0.2, 0.25) is 5.91 Å². The number of aliphatic carboxylic acids is 1. The van der Waals surface area contributed by atoms with Crippen molar-refractivity contribution in [2.24, 2.45) is 0 Å². The third-order valence-corrected chi connectivity index (χ3v) is 2.89. The molecule has 1 fully saturated rings. The summed E-state index contributed by atoms with van der Waals surface area (Å²) in [6.07, 6.45) is 7.93. The van der Waals surface area contributed by atoms with Crippen molar-refractivity contribution in [3.63, 3.8) is 0 Å². The number of rotatable bonds is 3. The minimum atomic E-state index is -1.05. The normalized spacial score (nSPS) is 18.9. The van der Waals surface area contributed by atoms with E-state index >= 15 is 0 Å². The van der Waals surface area contributed by atoms with Crippen molar-refractivity contribution < 1.29 is 14.7 Å². The fourth-order valence-corrected chi connectivity index (χ4v) is 1.92. The van der Waals surface area contributed by atoms with Crippen molar-refractivity contribution in [1.82, 2.24) is 5.32 Å². The van der Waals surface area contributed by atoms with Gasteiger partial charge in [-0.25, -0.2) is 4.79 Å². The molecule has 1 rings (SSSR count). The van der Waals surface area contributed by atoms with Crippen LogP contribution in [0.5, 0.6) is 0 Å². The zero-order valence-corrected chi connectivity index (χ0v) is 9.66. The standard InChI is InChI=1S/C12H19NO3/c1-9(12(15)16)8-11(14)13-10-6-4-2-3-5-7-10/h8,10H,2-7H2,1H3,(H,13,14)(H,15,16). The van der Waals surface area contributed by atoms with Crippen LogP contribution < -0.4 is 5.32 Å². The first-order valence-corrected chi connectivity index (χ1v) is 5.81. The molecule has 16 heavy (non-hydrogen) atoms. The van der Waals surface area contributed by atoms with Crippen molar-refractivity contribution in [2.75, 3.05) is 0 Å². The number of hydrogen-bond donors (Lipinski definition) is 2. The number of hydrogen-bond acceptors (Lipinski definition) is 2. The molecule has 1 saturated carbocycles. The molecule has 0 saturated heterocycles. The van der Waals surface area contributed by atoms with Gasteiger partial charge in [-0.3, -0.25) is 4.79 Å². The van der Waals surface area contributed by atoms with Gasteiger partial charge in [0.05, 0.1) is 0 Å².